The standard InChI is InChI=1S/C14H12N2O2/c17-13-8-4-7-12(9-13)14(18)16-15-10-11-5-2-1-3-6-11/h1-10,17H,(H,16,18). The molecule has 0 fully saturated rings. The number of phenols is 1. The van der Waals surface area contributed by atoms with Crippen LogP contribution in [0.15, 0.2) is 59.7 Å². The van der Waals surface area contributed by atoms with Crippen molar-refractivity contribution in [3.05, 3.63) is 65.7 Å². The number of hydrazone groups is 1. The van der Waals surface area contributed by atoms with Gasteiger partial charge in [0.2, 0.25) is 0 Å². The summed E-state index contributed by atoms with van der Waals surface area (Å²) in [5, 5.41) is 13.1. The second-order valence-corrected chi connectivity index (χ2v) is 3.66. The van der Waals surface area contributed by atoms with Gasteiger partial charge < -0.3 is 5.11 Å². The molecule has 0 aliphatic rings. The fraction of sp³-hybridized carbons (Fsp3) is 0. The summed E-state index contributed by atoms with van der Waals surface area (Å²) in [5.74, 6) is -0.312. The van der Waals surface area contributed by atoms with E-state index < -0.39 is 0 Å². The largest absolute Gasteiger partial charge is 0.508 e. The predicted octanol–water partition coefficient (Wildman–Crippen LogP) is 2.16. The van der Waals surface area contributed by atoms with Gasteiger partial charge in [-0.2, -0.15) is 5.10 Å². The molecule has 4 nitrogen and oxygen atoms in total. The molecule has 2 aromatic carbocycles. The molecule has 0 aromatic heterocycles. The van der Waals surface area contributed by atoms with E-state index in [1.54, 1.807) is 18.3 Å². The predicted molar refractivity (Wildman–Crippen MR) is 69.6 cm³/mol. The number of hydrogen-bond acceptors (Lipinski definition) is 3. The van der Waals surface area contributed by atoms with E-state index in [1.807, 2.05) is 30.3 Å². The quantitative estimate of drug-likeness (QED) is 0.638. The highest BCUT2D eigenvalue weighted by molar-refractivity contribution is 5.95. The van der Waals surface area contributed by atoms with E-state index in [0.29, 0.717) is 5.56 Å². The molecule has 2 N–H and O–H groups in total. The molecule has 18 heavy (non-hydrogen) atoms. The Morgan fingerprint density at radius 1 is 1.11 bits per heavy atom. The molecule has 0 radical (unpaired) electrons. The molecule has 2 aromatic rings. The van der Waals surface area contributed by atoms with Gasteiger partial charge >= 0.3 is 0 Å². The van der Waals surface area contributed by atoms with E-state index >= 15 is 0 Å². The van der Waals surface area contributed by atoms with Crippen LogP contribution in [0.1, 0.15) is 15.9 Å². The lowest BCUT2D eigenvalue weighted by molar-refractivity contribution is 0.0954. The third kappa shape index (κ3) is 3.18. The summed E-state index contributed by atoms with van der Waals surface area (Å²) in [7, 11) is 0. The maximum absolute atomic E-state index is 11.7. The molecule has 1 amide bonds. The van der Waals surface area contributed by atoms with Crippen LogP contribution in [-0.4, -0.2) is 17.2 Å². The summed E-state index contributed by atoms with van der Waals surface area (Å²) in [6, 6.07) is 15.5. The number of hydrogen-bond donors (Lipinski definition) is 2. The molecule has 0 atom stereocenters. The number of benzene rings is 2. The van der Waals surface area contributed by atoms with Crippen molar-refractivity contribution in [2.45, 2.75) is 0 Å². The zero-order valence-corrected chi connectivity index (χ0v) is 9.58. The van der Waals surface area contributed by atoms with E-state index in [0.717, 1.165) is 5.56 Å². The molecule has 0 unspecified atom stereocenters. The number of amides is 1. The summed E-state index contributed by atoms with van der Waals surface area (Å²) < 4.78 is 0. The van der Waals surface area contributed by atoms with Crippen LogP contribution in [0.2, 0.25) is 0 Å². The molecule has 2 rings (SSSR count). The van der Waals surface area contributed by atoms with Crippen LogP contribution >= 0.6 is 0 Å². The third-order valence-electron chi connectivity index (χ3n) is 2.29. The number of nitrogens with zero attached hydrogens (tertiary/aromatic N) is 1. The molecule has 90 valence electrons. The maximum Gasteiger partial charge on any atom is 0.271 e. The van der Waals surface area contributed by atoms with Crippen LogP contribution < -0.4 is 5.43 Å². The minimum absolute atomic E-state index is 0.0506. The Kier molecular flexibility index (Phi) is 3.71. The summed E-state index contributed by atoms with van der Waals surface area (Å²) in [5.41, 5.74) is 3.65. The highest BCUT2D eigenvalue weighted by Gasteiger charge is 2.03. The van der Waals surface area contributed by atoms with Crippen molar-refractivity contribution in [1.82, 2.24) is 5.43 Å². The SMILES string of the molecule is O=C(NN=Cc1ccccc1)c1cccc(O)c1. The maximum atomic E-state index is 11.7. The van der Waals surface area contributed by atoms with Gasteiger partial charge in [0.05, 0.1) is 6.21 Å². The minimum Gasteiger partial charge on any atom is -0.508 e. The average molecular weight is 240 g/mol. The van der Waals surface area contributed by atoms with Gasteiger partial charge in [0.1, 0.15) is 5.75 Å². The Morgan fingerprint density at radius 2 is 1.89 bits per heavy atom. The first-order valence-corrected chi connectivity index (χ1v) is 5.43. The van der Waals surface area contributed by atoms with Gasteiger partial charge in [-0.3, -0.25) is 4.79 Å². The molecule has 0 spiro atoms. The van der Waals surface area contributed by atoms with Crippen molar-refractivity contribution >= 4 is 12.1 Å². The monoisotopic (exact) mass is 240 g/mol. The zero-order chi connectivity index (χ0) is 12.8. The van der Waals surface area contributed by atoms with Crippen LogP contribution in [0.5, 0.6) is 5.75 Å². The van der Waals surface area contributed by atoms with Gasteiger partial charge in [0, 0.05) is 5.56 Å². The van der Waals surface area contributed by atoms with Gasteiger partial charge in [-0.15, -0.1) is 0 Å². The normalized spacial score (nSPS) is 10.4. The summed E-state index contributed by atoms with van der Waals surface area (Å²) in [6.45, 7) is 0. The molecule has 0 saturated heterocycles. The third-order valence-corrected chi connectivity index (χ3v) is 2.29. The number of rotatable bonds is 3. The van der Waals surface area contributed by atoms with Crippen molar-refractivity contribution in [2.24, 2.45) is 5.10 Å². The number of nitrogens with one attached hydrogen (secondary N) is 1. The topological polar surface area (TPSA) is 61.7 Å². The number of phenolic OH excluding ortho intramolecular Hbond substituents is 1. The lowest BCUT2D eigenvalue weighted by Crippen LogP contribution is -2.17. The fourth-order valence-electron chi connectivity index (χ4n) is 1.42. The van der Waals surface area contributed by atoms with E-state index in [2.05, 4.69) is 10.5 Å². The molecular formula is C14H12N2O2. The van der Waals surface area contributed by atoms with Crippen LogP contribution in [0, 0.1) is 0 Å². The average Bonchev–Trinajstić information content (AvgIpc) is 2.40. The van der Waals surface area contributed by atoms with Gasteiger partial charge in [-0.1, -0.05) is 36.4 Å². The Labute approximate surface area is 105 Å². The highest BCUT2D eigenvalue weighted by atomic mass is 16.3. The Balaban J connectivity index is 1.99. The summed E-state index contributed by atoms with van der Waals surface area (Å²) in [4.78, 5) is 11.7. The second-order valence-electron chi connectivity index (χ2n) is 3.66. The smallest absolute Gasteiger partial charge is 0.271 e. The summed E-state index contributed by atoms with van der Waals surface area (Å²) in [6.07, 6.45) is 1.56. The van der Waals surface area contributed by atoms with Crippen molar-refractivity contribution < 1.29 is 9.90 Å². The Morgan fingerprint density at radius 3 is 2.61 bits per heavy atom. The first-order chi connectivity index (χ1) is 8.75. The van der Waals surface area contributed by atoms with Crippen LogP contribution in [0.4, 0.5) is 0 Å². The van der Waals surface area contributed by atoms with E-state index in [9.17, 15) is 9.90 Å². The zero-order valence-electron chi connectivity index (χ0n) is 9.58. The molecule has 0 bridgehead atoms. The van der Waals surface area contributed by atoms with Crippen LogP contribution in [0.25, 0.3) is 0 Å². The minimum atomic E-state index is -0.363. The molecule has 0 aliphatic carbocycles. The summed E-state index contributed by atoms with van der Waals surface area (Å²) >= 11 is 0. The lowest BCUT2D eigenvalue weighted by atomic mass is 10.2. The molecule has 0 saturated carbocycles. The number of carbonyl (C=O) groups excluding carboxylic acids is 1. The molecule has 4 heteroatoms. The van der Waals surface area contributed by atoms with Crippen molar-refractivity contribution in [1.29, 1.82) is 0 Å². The Bertz CT molecular complexity index is 565. The first-order valence-electron chi connectivity index (χ1n) is 5.43. The number of aromatic hydroxyl groups is 1. The van der Waals surface area contributed by atoms with Gasteiger partial charge in [-0.05, 0) is 23.8 Å². The van der Waals surface area contributed by atoms with Crippen molar-refractivity contribution in [3.63, 3.8) is 0 Å². The van der Waals surface area contributed by atoms with Crippen molar-refractivity contribution in [3.8, 4) is 5.75 Å². The van der Waals surface area contributed by atoms with E-state index in [4.69, 9.17) is 0 Å². The van der Waals surface area contributed by atoms with Gasteiger partial charge in [0.15, 0.2) is 0 Å². The molecular weight excluding hydrogens is 228 g/mol. The highest BCUT2D eigenvalue weighted by Crippen LogP contribution is 2.10. The van der Waals surface area contributed by atoms with Crippen molar-refractivity contribution in [2.75, 3.05) is 0 Å². The first kappa shape index (κ1) is 11.9. The van der Waals surface area contributed by atoms with E-state index in [1.165, 1.54) is 12.1 Å². The van der Waals surface area contributed by atoms with E-state index in [-0.39, 0.29) is 11.7 Å². The van der Waals surface area contributed by atoms with Gasteiger partial charge in [-0.25, -0.2) is 5.43 Å². The molecule has 0 aliphatic heterocycles. The second kappa shape index (κ2) is 5.63. The lowest BCUT2D eigenvalue weighted by Gasteiger charge is -2.00. The van der Waals surface area contributed by atoms with Crippen LogP contribution in [0.3, 0.4) is 0 Å². The number of carbonyl (C=O) groups is 1. The molecule has 0 heterocycles. The van der Waals surface area contributed by atoms with Gasteiger partial charge in [0.25, 0.3) is 5.91 Å². The Hall–Kier alpha value is -2.62. The fourth-order valence-corrected chi connectivity index (χ4v) is 1.42. The van der Waals surface area contributed by atoms with Crippen LogP contribution in [-0.2, 0) is 0 Å².